The molecule has 0 bridgehead atoms. The second-order valence-electron chi connectivity index (χ2n) is 6.56. The first kappa shape index (κ1) is 20.4. The quantitative estimate of drug-likeness (QED) is 0.388. The lowest BCUT2D eigenvalue weighted by atomic mass is 10.2. The smallest absolute Gasteiger partial charge is 0.281 e. The minimum Gasteiger partial charge on any atom is -0.467 e. The van der Waals surface area contributed by atoms with Crippen LogP contribution in [0.15, 0.2) is 69.6 Å². The molecule has 0 fully saturated rings. The minimum atomic E-state index is -0.406. The zero-order valence-corrected chi connectivity index (χ0v) is 17.1. The summed E-state index contributed by atoms with van der Waals surface area (Å²) in [6.07, 6.45) is 4.38. The van der Waals surface area contributed by atoms with Crippen molar-refractivity contribution in [2.45, 2.75) is 13.1 Å². The lowest BCUT2D eigenvalue weighted by Crippen LogP contribution is -2.31. The SMILES string of the molecule is O=C(CNc1cnc2c(C(=O)NCc3ccco3)cccn2c1=O)NCc1cccs1. The molecule has 4 aromatic heterocycles. The second kappa shape index (κ2) is 9.26. The van der Waals surface area contributed by atoms with Crippen molar-refractivity contribution in [2.24, 2.45) is 0 Å². The van der Waals surface area contributed by atoms with Crippen LogP contribution in [-0.2, 0) is 17.9 Å². The second-order valence-corrected chi connectivity index (χ2v) is 7.60. The van der Waals surface area contributed by atoms with Crippen molar-refractivity contribution in [2.75, 3.05) is 11.9 Å². The van der Waals surface area contributed by atoms with E-state index in [1.807, 2.05) is 17.5 Å². The van der Waals surface area contributed by atoms with Crippen LogP contribution in [0.1, 0.15) is 21.0 Å². The summed E-state index contributed by atoms with van der Waals surface area (Å²) in [5.74, 6) is -0.0124. The number of furan rings is 1. The van der Waals surface area contributed by atoms with Crippen molar-refractivity contribution < 1.29 is 14.0 Å². The largest absolute Gasteiger partial charge is 0.467 e. The lowest BCUT2D eigenvalue weighted by molar-refractivity contribution is -0.119. The van der Waals surface area contributed by atoms with Crippen LogP contribution >= 0.6 is 11.3 Å². The third-order valence-corrected chi connectivity index (χ3v) is 5.34. The third-order valence-electron chi connectivity index (χ3n) is 4.46. The van der Waals surface area contributed by atoms with Crippen LogP contribution in [0.3, 0.4) is 0 Å². The molecule has 0 saturated heterocycles. The first-order valence-electron chi connectivity index (χ1n) is 9.46. The Hall–Kier alpha value is -3.92. The zero-order chi connectivity index (χ0) is 21.6. The van der Waals surface area contributed by atoms with E-state index in [9.17, 15) is 14.4 Å². The van der Waals surface area contributed by atoms with Gasteiger partial charge in [-0.15, -0.1) is 11.3 Å². The van der Waals surface area contributed by atoms with Gasteiger partial charge in [0.15, 0.2) is 5.65 Å². The molecule has 4 aromatic rings. The van der Waals surface area contributed by atoms with Crippen molar-refractivity contribution in [1.82, 2.24) is 20.0 Å². The molecule has 0 saturated carbocycles. The predicted molar refractivity (Wildman–Crippen MR) is 116 cm³/mol. The Morgan fingerprint density at radius 1 is 1.10 bits per heavy atom. The Labute approximate surface area is 180 Å². The molecular weight excluding hydrogens is 418 g/mol. The molecular formula is C21H19N5O4S. The number of carbonyl (C=O) groups is 2. The minimum absolute atomic E-state index is 0.0717. The van der Waals surface area contributed by atoms with Crippen LogP contribution in [0, 0.1) is 0 Å². The molecule has 10 heteroatoms. The third kappa shape index (κ3) is 4.81. The Bertz CT molecular complexity index is 1250. The summed E-state index contributed by atoms with van der Waals surface area (Å²) in [7, 11) is 0. The van der Waals surface area contributed by atoms with Gasteiger partial charge in [-0.1, -0.05) is 6.07 Å². The number of anilines is 1. The molecule has 4 rings (SSSR count). The molecule has 0 atom stereocenters. The number of hydrogen-bond acceptors (Lipinski definition) is 7. The number of carbonyl (C=O) groups excluding carboxylic acids is 2. The maximum atomic E-state index is 12.8. The van der Waals surface area contributed by atoms with Crippen LogP contribution in [-0.4, -0.2) is 27.7 Å². The fourth-order valence-electron chi connectivity index (χ4n) is 2.92. The van der Waals surface area contributed by atoms with E-state index < -0.39 is 5.56 Å². The first-order chi connectivity index (χ1) is 15.1. The molecule has 3 N–H and O–H groups in total. The standard InChI is InChI=1S/C21H19N5O4S/c27-18(23-11-15-5-3-9-31-15)13-22-17-12-24-19-16(6-1-7-26(19)21(17)29)20(28)25-10-14-4-2-8-30-14/h1-9,12,22H,10-11,13H2,(H,23,27)(H,25,28). The van der Waals surface area contributed by atoms with Gasteiger partial charge in [-0.2, -0.15) is 0 Å². The molecule has 0 aliphatic carbocycles. The highest BCUT2D eigenvalue weighted by molar-refractivity contribution is 7.09. The van der Waals surface area contributed by atoms with E-state index in [-0.39, 0.29) is 41.8 Å². The summed E-state index contributed by atoms with van der Waals surface area (Å²) in [5.41, 5.74) is 0.234. The van der Waals surface area contributed by atoms with Gasteiger partial charge in [0.2, 0.25) is 5.91 Å². The monoisotopic (exact) mass is 437 g/mol. The number of hydrogen-bond donors (Lipinski definition) is 3. The fourth-order valence-corrected chi connectivity index (χ4v) is 3.56. The molecule has 4 heterocycles. The molecule has 9 nitrogen and oxygen atoms in total. The molecule has 0 unspecified atom stereocenters. The van der Waals surface area contributed by atoms with Crippen molar-refractivity contribution in [1.29, 1.82) is 0 Å². The van der Waals surface area contributed by atoms with Gasteiger partial charge in [-0.05, 0) is 35.7 Å². The highest BCUT2D eigenvalue weighted by Crippen LogP contribution is 2.10. The van der Waals surface area contributed by atoms with Gasteiger partial charge in [0.1, 0.15) is 11.4 Å². The van der Waals surface area contributed by atoms with Gasteiger partial charge in [-0.3, -0.25) is 18.8 Å². The van der Waals surface area contributed by atoms with E-state index >= 15 is 0 Å². The van der Waals surface area contributed by atoms with Gasteiger partial charge in [0.25, 0.3) is 11.5 Å². The fraction of sp³-hybridized carbons (Fsp3) is 0.143. The normalized spacial score (nSPS) is 10.7. The van der Waals surface area contributed by atoms with Gasteiger partial charge >= 0.3 is 0 Å². The Morgan fingerprint density at radius 2 is 2.00 bits per heavy atom. The molecule has 0 spiro atoms. The maximum absolute atomic E-state index is 12.8. The number of amides is 2. The van der Waals surface area contributed by atoms with E-state index in [4.69, 9.17) is 4.42 Å². The molecule has 0 aliphatic heterocycles. The van der Waals surface area contributed by atoms with E-state index in [1.165, 1.54) is 23.1 Å². The van der Waals surface area contributed by atoms with Crippen molar-refractivity contribution in [3.8, 4) is 0 Å². The zero-order valence-electron chi connectivity index (χ0n) is 16.3. The molecule has 0 aromatic carbocycles. The number of thiophene rings is 1. The van der Waals surface area contributed by atoms with Crippen LogP contribution in [0.4, 0.5) is 5.69 Å². The van der Waals surface area contributed by atoms with Gasteiger partial charge < -0.3 is 20.4 Å². The van der Waals surface area contributed by atoms with Crippen LogP contribution in [0.25, 0.3) is 5.65 Å². The highest BCUT2D eigenvalue weighted by Gasteiger charge is 2.14. The van der Waals surface area contributed by atoms with Crippen LogP contribution < -0.4 is 21.5 Å². The van der Waals surface area contributed by atoms with Gasteiger partial charge in [0.05, 0.1) is 37.7 Å². The lowest BCUT2D eigenvalue weighted by Gasteiger charge is -2.10. The Balaban J connectivity index is 1.44. The number of fused-ring (bicyclic) bond motifs is 1. The average molecular weight is 437 g/mol. The van der Waals surface area contributed by atoms with E-state index in [2.05, 4.69) is 20.9 Å². The summed E-state index contributed by atoms with van der Waals surface area (Å²) in [4.78, 5) is 42.7. The molecule has 0 aliphatic rings. The maximum Gasteiger partial charge on any atom is 0.281 e. The van der Waals surface area contributed by atoms with Gasteiger partial charge in [0, 0.05) is 11.1 Å². The first-order valence-corrected chi connectivity index (χ1v) is 10.3. The number of aromatic nitrogens is 2. The molecule has 2 amide bonds. The molecule has 31 heavy (non-hydrogen) atoms. The number of nitrogens with zero attached hydrogens (tertiary/aromatic N) is 2. The van der Waals surface area contributed by atoms with Crippen LogP contribution in [0.5, 0.6) is 0 Å². The van der Waals surface area contributed by atoms with Gasteiger partial charge in [-0.25, -0.2) is 4.98 Å². The Kier molecular flexibility index (Phi) is 6.08. The highest BCUT2D eigenvalue weighted by atomic mass is 32.1. The topological polar surface area (TPSA) is 118 Å². The molecule has 0 radical (unpaired) electrons. The van der Waals surface area contributed by atoms with Crippen molar-refractivity contribution in [3.63, 3.8) is 0 Å². The van der Waals surface area contributed by atoms with Crippen LogP contribution in [0.2, 0.25) is 0 Å². The summed E-state index contributed by atoms with van der Waals surface area (Å²) in [6.45, 7) is 0.582. The molecule has 158 valence electrons. The van der Waals surface area contributed by atoms with E-state index in [0.29, 0.717) is 12.3 Å². The number of rotatable bonds is 8. The summed E-state index contributed by atoms with van der Waals surface area (Å²) in [6, 6.07) is 10.5. The number of pyridine rings is 1. The van der Waals surface area contributed by atoms with Crippen molar-refractivity contribution in [3.05, 3.63) is 87.0 Å². The summed E-state index contributed by atoms with van der Waals surface area (Å²) in [5, 5.41) is 10.3. The summed E-state index contributed by atoms with van der Waals surface area (Å²) >= 11 is 1.55. The summed E-state index contributed by atoms with van der Waals surface area (Å²) < 4.78 is 6.47. The number of nitrogens with one attached hydrogen (secondary N) is 3. The predicted octanol–water partition coefficient (Wildman–Crippen LogP) is 2.01. The average Bonchev–Trinajstić information content (AvgIpc) is 3.49. The van der Waals surface area contributed by atoms with Crippen molar-refractivity contribution >= 4 is 34.5 Å². The van der Waals surface area contributed by atoms with E-state index in [1.54, 1.807) is 35.6 Å². The Morgan fingerprint density at radius 3 is 2.77 bits per heavy atom. The van der Waals surface area contributed by atoms with E-state index in [0.717, 1.165) is 4.88 Å².